The summed E-state index contributed by atoms with van der Waals surface area (Å²) in [7, 11) is 0. The number of likely N-dealkylation sites (tertiary alicyclic amines) is 1. The molecule has 0 radical (unpaired) electrons. The summed E-state index contributed by atoms with van der Waals surface area (Å²) in [6, 6.07) is 5.66. The molecule has 2 N–H and O–H groups in total. The Morgan fingerprint density at radius 2 is 2.11 bits per heavy atom. The van der Waals surface area contributed by atoms with Crippen molar-refractivity contribution in [1.82, 2.24) is 10.2 Å². The predicted octanol–water partition coefficient (Wildman–Crippen LogP) is 1.82. The van der Waals surface area contributed by atoms with Gasteiger partial charge in [0.05, 0.1) is 23.9 Å². The number of aliphatic hydroxyl groups is 1. The number of rotatable bonds is 4. The van der Waals surface area contributed by atoms with Crippen molar-refractivity contribution in [1.29, 1.82) is 0 Å². The second-order valence-corrected chi connectivity index (χ2v) is 8.43. The highest BCUT2D eigenvalue weighted by atomic mass is 16.7. The number of benzene rings is 1. The molecule has 0 unspecified atom stereocenters. The molecule has 2 atom stereocenters. The maximum Gasteiger partial charge on any atom is 0.231 e. The first-order chi connectivity index (χ1) is 13.4. The van der Waals surface area contributed by atoms with Crippen LogP contribution in [0.5, 0.6) is 11.5 Å². The highest BCUT2D eigenvalue weighted by molar-refractivity contribution is 5.76. The first-order valence-electron chi connectivity index (χ1n) is 10.2. The van der Waals surface area contributed by atoms with E-state index >= 15 is 0 Å². The number of piperidine rings is 1. The van der Waals surface area contributed by atoms with Crippen molar-refractivity contribution in [3.63, 3.8) is 0 Å². The lowest BCUT2D eigenvalue weighted by Gasteiger charge is -2.51. The Balaban J connectivity index is 1.35. The minimum atomic E-state index is -0.962. The second-order valence-electron chi connectivity index (χ2n) is 8.43. The third-order valence-corrected chi connectivity index (χ3v) is 6.28. The van der Waals surface area contributed by atoms with Crippen LogP contribution in [0.4, 0.5) is 0 Å². The Hall–Kier alpha value is -1.83. The fraction of sp³-hybridized carbons (Fsp3) is 0.667. The zero-order chi connectivity index (χ0) is 19.8. The first-order valence-corrected chi connectivity index (χ1v) is 10.2. The molecular formula is C21H30N2O5. The van der Waals surface area contributed by atoms with Crippen molar-refractivity contribution in [3.05, 3.63) is 23.8 Å². The molecule has 3 aliphatic rings. The summed E-state index contributed by atoms with van der Waals surface area (Å²) < 4.78 is 17.3. The van der Waals surface area contributed by atoms with E-state index in [9.17, 15) is 9.90 Å². The summed E-state index contributed by atoms with van der Waals surface area (Å²) in [4.78, 5) is 14.1. The van der Waals surface area contributed by atoms with Crippen LogP contribution >= 0.6 is 0 Å². The van der Waals surface area contributed by atoms with Crippen molar-refractivity contribution >= 4 is 5.91 Å². The lowest BCUT2D eigenvalue weighted by atomic mass is 9.75. The van der Waals surface area contributed by atoms with Crippen LogP contribution in [0.2, 0.25) is 0 Å². The molecule has 1 aromatic carbocycles. The highest BCUT2D eigenvalue weighted by Crippen LogP contribution is 2.41. The van der Waals surface area contributed by atoms with Crippen LogP contribution in [0.3, 0.4) is 0 Å². The van der Waals surface area contributed by atoms with Crippen molar-refractivity contribution in [2.45, 2.75) is 63.3 Å². The monoisotopic (exact) mass is 390 g/mol. The molecule has 1 amide bonds. The number of carbonyl (C=O) groups is 1. The number of hydrogen-bond donors (Lipinski definition) is 2. The van der Waals surface area contributed by atoms with Gasteiger partial charge in [-0.2, -0.15) is 0 Å². The number of ether oxygens (including phenoxy) is 3. The molecule has 3 aliphatic heterocycles. The Morgan fingerprint density at radius 1 is 1.32 bits per heavy atom. The van der Waals surface area contributed by atoms with Crippen LogP contribution in [0.25, 0.3) is 0 Å². The quantitative estimate of drug-likeness (QED) is 0.816. The topological polar surface area (TPSA) is 80.3 Å². The first kappa shape index (κ1) is 19.5. The largest absolute Gasteiger partial charge is 0.454 e. The average Bonchev–Trinajstić information content (AvgIpc) is 3.15. The van der Waals surface area contributed by atoms with Crippen LogP contribution in [0, 0.1) is 0 Å². The Labute approximate surface area is 165 Å². The number of nitrogens with zero attached hydrogens (tertiary/aromatic N) is 1. The Bertz CT molecular complexity index is 728. The average molecular weight is 390 g/mol. The number of amides is 1. The molecule has 0 aliphatic carbocycles. The van der Waals surface area contributed by atoms with Crippen LogP contribution < -0.4 is 14.8 Å². The highest BCUT2D eigenvalue weighted by Gasteiger charge is 2.49. The Morgan fingerprint density at radius 3 is 2.82 bits per heavy atom. The number of para-hydroxylation sites is 1. The van der Waals surface area contributed by atoms with E-state index in [1.165, 1.54) is 0 Å². The minimum absolute atomic E-state index is 0.0544. The van der Waals surface area contributed by atoms with E-state index in [1.807, 2.05) is 26.0 Å². The lowest BCUT2D eigenvalue weighted by Crippen LogP contribution is -2.63. The summed E-state index contributed by atoms with van der Waals surface area (Å²) in [6.45, 7) is 6.87. The van der Waals surface area contributed by atoms with Gasteiger partial charge in [0.15, 0.2) is 11.5 Å². The number of nitrogens with one attached hydrogen (secondary N) is 1. The maximum absolute atomic E-state index is 11.7. The standard InChI is InChI=1S/C21H30N2O5/c1-3-18(24)22-17-12-28-21(13-20(17,2)25)7-9-23(10-8-21)11-15-5-4-6-16-19(15)27-14-26-16/h4-6,17,25H,3,7-14H2,1-2H3,(H,22,24)/t17-,20-/m0/s1. The number of hydrogen-bond acceptors (Lipinski definition) is 6. The second kappa shape index (κ2) is 7.54. The predicted molar refractivity (Wildman–Crippen MR) is 103 cm³/mol. The van der Waals surface area contributed by atoms with Crippen LogP contribution in [0.1, 0.15) is 45.1 Å². The summed E-state index contributed by atoms with van der Waals surface area (Å²) in [6.07, 6.45) is 2.68. The molecule has 28 heavy (non-hydrogen) atoms. The van der Waals surface area contributed by atoms with Crippen molar-refractivity contribution in [2.24, 2.45) is 0 Å². The lowest BCUT2D eigenvalue weighted by molar-refractivity contribution is -0.189. The van der Waals surface area contributed by atoms with Crippen LogP contribution in [0.15, 0.2) is 18.2 Å². The van der Waals surface area contributed by atoms with Crippen molar-refractivity contribution in [3.8, 4) is 11.5 Å². The van der Waals surface area contributed by atoms with Crippen molar-refractivity contribution in [2.75, 3.05) is 26.5 Å². The molecule has 2 fully saturated rings. The van der Waals surface area contributed by atoms with Gasteiger partial charge in [-0.25, -0.2) is 0 Å². The molecule has 2 saturated heterocycles. The van der Waals surface area contributed by atoms with Crippen LogP contribution in [-0.2, 0) is 16.1 Å². The van der Waals surface area contributed by atoms with Gasteiger partial charge >= 0.3 is 0 Å². The number of fused-ring (bicyclic) bond motifs is 1. The zero-order valence-corrected chi connectivity index (χ0v) is 16.7. The minimum Gasteiger partial charge on any atom is -0.454 e. The molecule has 0 bridgehead atoms. The van der Waals surface area contributed by atoms with Gasteiger partial charge in [-0.05, 0) is 25.8 Å². The van der Waals surface area contributed by atoms with E-state index in [0.717, 1.165) is 49.5 Å². The molecule has 7 heteroatoms. The molecule has 7 nitrogen and oxygen atoms in total. The van der Waals surface area contributed by atoms with E-state index in [0.29, 0.717) is 19.4 Å². The smallest absolute Gasteiger partial charge is 0.231 e. The summed E-state index contributed by atoms with van der Waals surface area (Å²) in [5, 5.41) is 13.9. The van der Waals surface area contributed by atoms with Crippen molar-refractivity contribution < 1.29 is 24.1 Å². The van der Waals surface area contributed by atoms with Gasteiger partial charge in [-0.3, -0.25) is 9.69 Å². The zero-order valence-electron chi connectivity index (χ0n) is 16.7. The van der Waals surface area contributed by atoms with Gasteiger partial charge in [0.25, 0.3) is 0 Å². The van der Waals surface area contributed by atoms with Gasteiger partial charge in [0, 0.05) is 38.0 Å². The van der Waals surface area contributed by atoms with Gasteiger partial charge in [-0.15, -0.1) is 0 Å². The molecule has 0 aromatic heterocycles. The van der Waals surface area contributed by atoms with E-state index in [4.69, 9.17) is 14.2 Å². The van der Waals surface area contributed by atoms with Gasteiger partial charge in [-0.1, -0.05) is 19.1 Å². The number of carbonyl (C=O) groups excluding carboxylic acids is 1. The molecule has 0 saturated carbocycles. The third kappa shape index (κ3) is 3.83. The Kier molecular flexibility index (Phi) is 5.24. The molecule has 1 aromatic rings. The summed E-state index contributed by atoms with van der Waals surface area (Å²) in [5.41, 5.74) is -0.132. The fourth-order valence-corrected chi connectivity index (χ4v) is 4.56. The molecular weight excluding hydrogens is 360 g/mol. The molecule has 3 heterocycles. The van der Waals surface area contributed by atoms with Crippen LogP contribution in [-0.4, -0.2) is 59.6 Å². The van der Waals surface area contributed by atoms with E-state index in [2.05, 4.69) is 16.3 Å². The summed E-state index contributed by atoms with van der Waals surface area (Å²) in [5.74, 6) is 1.62. The molecule has 154 valence electrons. The SMILES string of the molecule is CCC(=O)N[C@H]1COC2(CCN(Cc3cccc4c3OCO4)CC2)C[C@]1(C)O. The third-order valence-electron chi connectivity index (χ3n) is 6.28. The summed E-state index contributed by atoms with van der Waals surface area (Å²) >= 11 is 0. The van der Waals surface area contributed by atoms with E-state index in [-0.39, 0.29) is 24.3 Å². The maximum atomic E-state index is 11.7. The molecule has 1 spiro atoms. The molecule has 4 rings (SSSR count). The van der Waals surface area contributed by atoms with E-state index < -0.39 is 5.60 Å². The fourth-order valence-electron chi connectivity index (χ4n) is 4.56. The van der Waals surface area contributed by atoms with Gasteiger partial charge in [0.1, 0.15) is 0 Å². The van der Waals surface area contributed by atoms with E-state index in [1.54, 1.807) is 0 Å². The van der Waals surface area contributed by atoms with Gasteiger partial charge in [0.2, 0.25) is 12.7 Å². The normalized spacial score (nSPS) is 29.0. The van der Waals surface area contributed by atoms with Gasteiger partial charge < -0.3 is 24.6 Å².